The van der Waals surface area contributed by atoms with Crippen LogP contribution in [0.25, 0.3) is 5.69 Å². The van der Waals surface area contributed by atoms with Crippen LogP contribution < -0.4 is 5.32 Å². The average Bonchev–Trinajstić information content (AvgIpc) is 3.23. The number of benzene rings is 1. The molecule has 1 aromatic carbocycles. The predicted octanol–water partition coefficient (Wildman–Crippen LogP) is 3.83. The highest BCUT2D eigenvalue weighted by atomic mass is 32.1. The van der Waals surface area contributed by atoms with E-state index in [4.69, 9.17) is 0 Å². The van der Waals surface area contributed by atoms with Gasteiger partial charge in [0.1, 0.15) is 5.01 Å². The van der Waals surface area contributed by atoms with E-state index in [1.807, 2.05) is 43.5 Å². The van der Waals surface area contributed by atoms with Gasteiger partial charge in [0.2, 0.25) is 0 Å². The molecule has 2 aromatic heterocycles. The summed E-state index contributed by atoms with van der Waals surface area (Å²) >= 11 is 1.65. The van der Waals surface area contributed by atoms with Crippen LogP contribution in [0, 0.1) is 13.8 Å². The Balaban J connectivity index is 1.80. The molecule has 3 aromatic rings. The van der Waals surface area contributed by atoms with Gasteiger partial charge < -0.3 is 5.32 Å². The summed E-state index contributed by atoms with van der Waals surface area (Å²) in [6.07, 6.45) is 4.37. The first-order valence-electron chi connectivity index (χ1n) is 7.93. The van der Waals surface area contributed by atoms with Gasteiger partial charge in [-0.1, -0.05) is 13.0 Å². The summed E-state index contributed by atoms with van der Waals surface area (Å²) < 4.78 is 1.74. The molecule has 0 fully saturated rings. The fourth-order valence-corrected chi connectivity index (χ4v) is 3.50. The smallest absolute Gasteiger partial charge is 0.251 e. The average molecular weight is 340 g/mol. The van der Waals surface area contributed by atoms with Crippen LogP contribution in [0.15, 0.2) is 42.7 Å². The molecule has 1 unspecified atom stereocenters. The Morgan fingerprint density at radius 1 is 1.33 bits per heavy atom. The highest BCUT2D eigenvalue weighted by Crippen LogP contribution is 2.25. The Morgan fingerprint density at radius 3 is 2.79 bits per heavy atom. The molecule has 0 spiro atoms. The third-order valence-electron chi connectivity index (χ3n) is 3.93. The van der Waals surface area contributed by atoms with Gasteiger partial charge in [-0.25, -0.2) is 9.67 Å². The van der Waals surface area contributed by atoms with Gasteiger partial charge in [0.25, 0.3) is 5.91 Å². The van der Waals surface area contributed by atoms with Crippen LogP contribution >= 0.6 is 11.3 Å². The number of thiazole rings is 1. The topological polar surface area (TPSA) is 59.8 Å². The molecule has 1 amide bonds. The lowest BCUT2D eigenvalue weighted by Crippen LogP contribution is -2.28. The lowest BCUT2D eigenvalue weighted by molar-refractivity contribution is 0.0935. The minimum Gasteiger partial charge on any atom is -0.343 e. The summed E-state index contributed by atoms with van der Waals surface area (Å²) in [5.74, 6) is -0.0960. The molecule has 0 saturated heterocycles. The Bertz CT molecular complexity index is 819. The fourth-order valence-electron chi connectivity index (χ4n) is 2.44. The molecule has 3 rings (SSSR count). The van der Waals surface area contributed by atoms with Crippen LogP contribution in [-0.2, 0) is 0 Å². The zero-order valence-corrected chi connectivity index (χ0v) is 14.8. The minimum absolute atomic E-state index is 0.0664. The number of amides is 1. The van der Waals surface area contributed by atoms with Gasteiger partial charge in [-0.05, 0) is 44.5 Å². The van der Waals surface area contributed by atoms with E-state index in [1.54, 1.807) is 22.2 Å². The number of hydrogen-bond acceptors (Lipinski definition) is 4. The molecule has 0 aliphatic heterocycles. The van der Waals surface area contributed by atoms with E-state index < -0.39 is 0 Å². The number of nitrogens with zero attached hydrogens (tertiary/aromatic N) is 3. The maximum absolute atomic E-state index is 12.6. The lowest BCUT2D eigenvalue weighted by atomic mass is 10.1. The zero-order chi connectivity index (χ0) is 17.1. The first-order valence-corrected chi connectivity index (χ1v) is 8.75. The van der Waals surface area contributed by atoms with E-state index in [9.17, 15) is 4.79 Å². The normalized spacial score (nSPS) is 12.1. The molecule has 0 saturated carbocycles. The quantitative estimate of drug-likeness (QED) is 0.768. The van der Waals surface area contributed by atoms with Crippen LogP contribution in [0.4, 0.5) is 0 Å². The number of hydrogen-bond donors (Lipinski definition) is 1. The summed E-state index contributed by atoms with van der Waals surface area (Å²) in [5, 5.41) is 8.25. The number of aromatic nitrogens is 3. The number of carbonyl (C=O) groups excluding carboxylic acids is 1. The van der Waals surface area contributed by atoms with Gasteiger partial charge in [-0.15, -0.1) is 11.3 Å². The second kappa shape index (κ2) is 6.97. The van der Waals surface area contributed by atoms with E-state index in [2.05, 4.69) is 29.2 Å². The highest BCUT2D eigenvalue weighted by molar-refractivity contribution is 7.11. The second-order valence-corrected chi connectivity index (χ2v) is 6.86. The Kier molecular flexibility index (Phi) is 4.76. The maximum Gasteiger partial charge on any atom is 0.251 e. The van der Waals surface area contributed by atoms with E-state index in [1.165, 1.54) is 4.88 Å². The molecule has 0 aliphatic rings. The monoisotopic (exact) mass is 340 g/mol. The number of rotatable bonds is 5. The Labute approximate surface area is 145 Å². The van der Waals surface area contributed by atoms with Gasteiger partial charge in [-0.2, -0.15) is 5.10 Å². The number of carbonyl (C=O) groups is 1. The van der Waals surface area contributed by atoms with Crippen molar-refractivity contribution in [3.05, 3.63) is 63.9 Å². The minimum atomic E-state index is -0.0960. The molecule has 124 valence electrons. The van der Waals surface area contributed by atoms with Crippen molar-refractivity contribution in [2.45, 2.75) is 33.2 Å². The molecule has 6 heteroatoms. The van der Waals surface area contributed by atoms with Gasteiger partial charge in [0, 0.05) is 22.8 Å². The third kappa shape index (κ3) is 3.38. The predicted molar refractivity (Wildman–Crippen MR) is 95.7 cm³/mol. The standard InChI is InChI=1S/C18H20N4OS/c1-4-16(18-20-12(2)13(3)24-18)21-17(23)14-7-5-8-15(11-14)22-10-6-9-19-22/h5-11,16H,4H2,1-3H3,(H,21,23). The van der Waals surface area contributed by atoms with E-state index in [0.29, 0.717) is 5.56 Å². The fraction of sp³-hybridized carbons (Fsp3) is 0.278. The maximum atomic E-state index is 12.6. The summed E-state index contributed by atoms with van der Waals surface area (Å²) in [7, 11) is 0. The molecular weight excluding hydrogens is 320 g/mol. The molecule has 0 bridgehead atoms. The largest absolute Gasteiger partial charge is 0.343 e. The van der Waals surface area contributed by atoms with Crippen molar-refractivity contribution in [1.29, 1.82) is 0 Å². The molecule has 1 N–H and O–H groups in total. The molecule has 0 aliphatic carbocycles. The van der Waals surface area contributed by atoms with Crippen molar-refractivity contribution < 1.29 is 4.79 Å². The van der Waals surface area contributed by atoms with Crippen LogP contribution in [0.1, 0.15) is 45.3 Å². The highest BCUT2D eigenvalue weighted by Gasteiger charge is 2.18. The SMILES string of the molecule is CCC(NC(=O)c1cccc(-n2cccn2)c1)c1nc(C)c(C)s1. The first kappa shape index (κ1) is 16.4. The molecular formula is C18H20N4OS. The van der Waals surface area contributed by atoms with Gasteiger partial charge in [-0.3, -0.25) is 4.79 Å². The number of nitrogens with one attached hydrogen (secondary N) is 1. The number of aryl methyl sites for hydroxylation is 2. The summed E-state index contributed by atoms with van der Waals surface area (Å²) in [5.41, 5.74) is 2.51. The Hall–Kier alpha value is -2.47. The molecule has 0 radical (unpaired) electrons. The Morgan fingerprint density at radius 2 is 2.17 bits per heavy atom. The van der Waals surface area contributed by atoms with Crippen molar-refractivity contribution in [3.8, 4) is 5.69 Å². The summed E-state index contributed by atoms with van der Waals surface area (Å²) in [6, 6.07) is 9.23. The summed E-state index contributed by atoms with van der Waals surface area (Å²) in [4.78, 5) is 18.4. The van der Waals surface area contributed by atoms with E-state index >= 15 is 0 Å². The van der Waals surface area contributed by atoms with Crippen LogP contribution in [-0.4, -0.2) is 20.7 Å². The van der Waals surface area contributed by atoms with Crippen molar-refractivity contribution in [2.75, 3.05) is 0 Å². The van der Waals surface area contributed by atoms with Gasteiger partial charge in [0.05, 0.1) is 17.4 Å². The van der Waals surface area contributed by atoms with Gasteiger partial charge >= 0.3 is 0 Å². The third-order valence-corrected chi connectivity index (χ3v) is 5.12. The molecule has 5 nitrogen and oxygen atoms in total. The second-order valence-electron chi connectivity index (χ2n) is 5.63. The molecule has 24 heavy (non-hydrogen) atoms. The van der Waals surface area contributed by atoms with E-state index in [0.717, 1.165) is 22.8 Å². The van der Waals surface area contributed by atoms with Crippen molar-refractivity contribution >= 4 is 17.2 Å². The molecule has 1 atom stereocenters. The summed E-state index contributed by atoms with van der Waals surface area (Å²) in [6.45, 7) is 6.10. The van der Waals surface area contributed by atoms with Crippen molar-refractivity contribution in [2.24, 2.45) is 0 Å². The van der Waals surface area contributed by atoms with Crippen molar-refractivity contribution in [3.63, 3.8) is 0 Å². The zero-order valence-electron chi connectivity index (χ0n) is 14.0. The lowest BCUT2D eigenvalue weighted by Gasteiger charge is -2.15. The molecule has 2 heterocycles. The van der Waals surface area contributed by atoms with Crippen LogP contribution in [0.2, 0.25) is 0 Å². The van der Waals surface area contributed by atoms with Gasteiger partial charge in [0.15, 0.2) is 0 Å². The first-order chi connectivity index (χ1) is 11.6. The van der Waals surface area contributed by atoms with Crippen LogP contribution in [0.3, 0.4) is 0 Å². The van der Waals surface area contributed by atoms with Crippen molar-refractivity contribution in [1.82, 2.24) is 20.1 Å². The van der Waals surface area contributed by atoms with E-state index in [-0.39, 0.29) is 11.9 Å². The van der Waals surface area contributed by atoms with Crippen LogP contribution in [0.5, 0.6) is 0 Å².